The third-order valence-corrected chi connectivity index (χ3v) is 4.03. The smallest absolute Gasteiger partial charge is 0.153 e. The zero-order valence-electron chi connectivity index (χ0n) is 12.6. The number of hydrogen-bond acceptors (Lipinski definition) is 5. The van der Waals surface area contributed by atoms with Crippen molar-refractivity contribution in [1.82, 2.24) is 10.3 Å². The van der Waals surface area contributed by atoms with Crippen LogP contribution in [0.5, 0.6) is 0 Å². The van der Waals surface area contributed by atoms with Gasteiger partial charge < -0.3 is 14.5 Å². The maximum atomic E-state index is 5.52. The van der Waals surface area contributed by atoms with Gasteiger partial charge in [-0.15, -0.1) is 11.3 Å². The second-order valence-corrected chi connectivity index (χ2v) is 5.87. The van der Waals surface area contributed by atoms with E-state index >= 15 is 0 Å². The van der Waals surface area contributed by atoms with E-state index in [2.05, 4.69) is 22.6 Å². The topological polar surface area (TPSA) is 47.3 Å². The highest BCUT2D eigenvalue weighted by atomic mass is 32.1. The van der Waals surface area contributed by atoms with Gasteiger partial charge in [0.15, 0.2) is 5.76 Å². The Hall–Kier alpha value is -1.17. The van der Waals surface area contributed by atoms with Gasteiger partial charge in [0.25, 0.3) is 0 Å². The van der Waals surface area contributed by atoms with E-state index in [0.717, 1.165) is 62.0 Å². The van der Waals surface area contributed by atoms with Crippen LogP contribution in [0.2, 0.25) is 0 Å². The Bertz CT molecular complexity index is 482. The summed E-state index contributed by atoms with van der Waals surface area (Å²) in [5.41, 5.74) is 0.935. The molecule has 0 saturated carbocycles. The van der Waals surface area contributed by atoms with Crippen molar-refractivity contribution in [3.8, 4) is 11.5 Å². The molecule has 5 heteroatoms. The summed E-state index contributed by atoms with van der Waals surface area (Å²) in [5.74, 6) is 0.842. The Morgan fingerprint density at radius 2 is 2.19 bits per heavy atom. The van der Waals surface area contributed by atoms with Gasteiger partial charge in [0.2, 0.25) is 0 Å². The first-order valence-electron chi connectivity index (χ1n) is 7.67. The van der Waals surface area contributed by atoms with Gasteiger partial charge in [-0.3, -0.25) is 0 Å². The van der Waals surface area contributed by atoms with Gasteiger partial charge >= 0.3 is 0 Å². The molecule has 2 aromatic rings. The highest BCUT2D eigenvalue weighted by Gasteiger charge is 2.06. The first-order chi connectivity index (χ1) is 10.4. The Labute approximate surface area is 130 Å². The van der Waals surface area contributed by atoms with Gasteiger partial charge in [-0.05, 0) is 31.5 Å². The number of nitrogens with one attached hydrogen (secondary N) is 1. The van der Waals surface area contributed by atoms with Crippen molar-refractivity contribution in [2.45, 2.75) is 32.6 Å². The van der Waals surface area contributed by atoms with Gasteiger partial charge in [-0.1, -0.05) is 13.3 Å². The number of furan rings is 1. The number of ether oxygens (including phenoxy) is 1. The number of rotatable bonds is 11. The summed E-state index contributed by atoms with van der Waals surface area (Å²) in [5, 5.41) is 6.63. The van der Waals surface area contributed by atoms with Crippen LogP contribution in [0.4, 0.5) is 0 Å². The van der Waals surface area contributed by atoms with E-state index in [4.69, 9.17) is 9.15 Å². The quantitative estimate of drug-likeness (QED) is 0.642. The van der Waals surface area contributed by atoms with Crippen LogP contribution in [-0.4, -0.2) is 31.3 Å². The van der Waals surface area contributed by atoms with Crippen molar-refractivity contribution in [2.75, 3.05) is 26.3 Å². The van der Waals surface area contributed by atoms with E-state index in [1.165, 1.54) is 6.42 Å². The first-order valence-corrected chi connectivity index (χ1v) is 8.55. The highest BCUT2D eigenvalue weighted by molar-refractivity contribution is 7.09. The molecule has 0 aromatic carbocycles. The minimum Gasteiger partial charge on any atom is -0.463 e. The number of thiazole rings is 1. The van der Waals surface area contributed by atoms with Crippen molar-refractivity contribution in [2.24, 2.45) is 0 Å². The summed E-state index contributed by atoms with van der Waals surface area (Å²) in [7, 11) is 0. The molecular weight excluding hydrogens is 284 g/mol. The predicted octanol–water partition coefficient (Wildman–Crippen LogP) is 3.74. The van der Waals surface area contributed by atoms with E-state index in [0.29, 0.717) is 0 Å². The highest BCUT2D eigenvalue weighted by Crippen LogP contribution is 2.22. The average Bonchev–Trinajstić information content (AvgIpc) is 3.16. The van der Waals surface area contributed by atoms with Gasteiger partial charge in [0.1, 0.15) is 5.69 Å². The molecule has 2 heterocycles. The van der Waals surface area contributed by atoms with Crippen molar-refractivity contribution in [3.05, 3.63) is 28.8 Å². The molecule has 4 nitrogen and oxygen atoms in total. The zero-order valence-corrected chi connectivity index (χ0v) is 13.5. The summed E-state index contributed by atoms with van der Waals surface area (Å²) in [6, 6.07) is 3.83. The Morgan fingerprint density at radius 3 is 3.00 bits per heavy atom. The van der Waals surface area contributed by atoms with Crippen LogP contribution in [0, 0.1) is 0 Å². The SMILES string of the molecule is CCCCOCCCNCCc1nc(-c2ccco2)cs1. The molecular formula is C16H24N2O2S. The third-order valence-electron chi connectivity index (χ3n) is 3.13. The number of nitrogens with zero attached hydrogens (tertiary/aromatic N) is 1. The lowest BCUT2D eigenvalue weighted by atomic mass is 10.3. The lowest BCUT2D eigenvalue weighted by Gasteiger charge is -2.04. The van der Waals surface area contributed by atoms with E-state index < -0.39 is 0 Å². The molecule has 0 amide bonds. The molecule has 0 saturated heterocycles. The lowest BCUT2D eigenvalue weighted by Crippen LogP contribution is -2.19. The predicted molar refractivity (Wildman–Crippen MR) is 86.7 cm³/mol. The summed E-state index contributed by atoms with van der Waals surface area (Å²) < 4.78 is 10.9. The maximum absolute atomic E-state index is 5.52. The van der Waals surface area contributed by atoms with E-state index in [-0.39, 0.29) is 0 Å². The normalized spacial score (nSPS) is 11.1. The molecule has 0 bridgehead atoms. The van der Waals surface area contributed by atoms with Gasteiger partial charge in [0, 0.05) is 31.6 Å². The maximum Gasteiger partial charge on any atom is 0.153 e. The molecule has 0 atom stereocenters. The number of unbranched alkanes of at least 4 members (excludes halogenated alkanes) is 1. The second-order valence-electron chi connectivity index (χ2n) is 4.92. The molecule has 0 radical (unpaired) electrons. The molecule has 0 fully saturated rings. The van der Waals surface area contributed by atoms with Crippen molar-refractivity contribution in [3.63, 3.8) is 0 Å². The summed E-state index contributed by atoms with van der Waals surface area (Å²) in [6.07, 6.45) is 6.07. The molecule has 2 aromatic heterocycles. The number of hydrogen-bond donors (Lipinski definition) is 1. The molecule has 2 rings (SSSR count). The van der Waals surface area contributed by atoms with Crippen LogP contribution < -0.4 is 5.32 Å². The van der Waals surface area contributed by atoms with Crippen LogP contribution in [0.3, 0.4) is 0 Å². The fraction of sp³-hybridized carbons (Fsp3) is 0.562. The molecule has 0 spiro atoms. The third kappa shape index (κ3) is 5.99. The largest absolute Gasteiger partial charge is 0.463 e. The lowest BCUT2D eigenvalue weighted by molar-refractivity contribution is 0.129. The molecule has 0 aliphatic rings. The standard InChI is InChI=1S/C16H24N2O2S/c1-2-3-10-19-11-5-8-17-9-7-16-18-14(13-21-16)15-6-4-12-20-15/h4,6,12-13,17H,2-3,5,7-11H2,1H3. The Balaban J connectivity index is 1.53. The van der Waals surface area contributed by atoms with Crippen molar-refractivity contribution < 1.29 is 9.15 Å². The van der Waals surface area contributed by atoms with E-state index in [1.807, 2.05) is 12.1 Å². The van der Waals surface area contributed by atoms with Crippen LogP contribution in [0.25, 0.3) is 11.5 Å². The second kappa shape index (κ2) is 9.71. The first kappa shape index (κ1) is 16.2. The van der Waals surface area contributed by atoms with Gasteiger partial charge in [-0.2, -0.15) is 0 Å². The summed E-state index contributed by atoms with van der Waals surface area (Å²) >= 11 is 1.69. The molecule has 116 valence electrons. The van der Waals surface area contributed by atoms with Gasteiger partial charge in [-0.25, -0.2) is 4.98 Å². The van der Waals surface area contributed by atoms with E-state index in [1.54, 1.807) is 17.6 Å². The van der Waals surface area contributed by atoms with Crippen LogP contribution >= 0.6 is 11.3 Å². The van der Waals surface area contributed by atoms with Crippen molar-refractivity contribution >= 4 is 11.3 Å². The van der Waals surface area contributed by atoms with Crippen LogP contribution in [0.15, 0.2) is 28.2 Å². The van der Waals surface area contributed by atoms with Crippen LogP contribution in [0.1, 0.15) is 31.2 Å². The molecule has 1 N–H and O–H groups in total. The molecule has 21 heavy (non-hydrogen) atoms. The summed E-state index contributed by atoms with van der Waals surface area (Å²) in [4.78, 5) is 4.58. The fourth-order valence-electron chi connectivity index (χ4n) is 1.93. The number of aromatic nitrogens is 1. The molecule has 0 aliphatic carbocycles. The molecule has 0 unspecified atom stereocenters. The monoisotopic (exact) mass is 308 g/mol. The minimum absolute atomic E-state index is 0.842. The Morgan fingerprint density at radius 1 is 1.29 bits per heavy atom. The minimum atomic E-state index is 0.842. The fourth-order valence-corrected chi connectivity index (χ4v) is 2.72. The average molecular weight is 308 g/mol. The van der Waals surface area contributed by atoms with E-state index in [9.17, 15) is 0 Å². The molecule has 0 aliphatic heterocycles. The zero-order chi connectivity index (χ0) is 14.8. The Kier molecular flexibility index (Phi) is 7.49. The summed E-state index contributed by atoms with van der Waals surface area (Å²) in [6.45, 7) is 5.89. The van der Waals surface area contributed by atoms with Gasteiger partial charge in [0.05, 0.1) is 11.3 Å². The van der Waals surface area contributed by atoms with Crippen LogP contribution in [-0.2, 0) is 11.2 Å². The van der Waals surface area contributed by atoms with Crippen molar-refractivity contribution in [1.29, 1.82) is 0 Å².